The Labute approximate surface area is 150 Å². The predicted octanol–water partition coefficient (Wildman–Crippen LogP) is 4.01. The van der Waals surface area contributed by atoms with Crippen LogP contribution in [0.15, 0.2) is 78.9 Å². The van der Waals surface area contributed by atoms with E-state index >= 15 is 0 Å². The van der Waals surface area contributed by atoms with Crippen LogP contribution in [-0.4, -0.2) is 20.6 Å². The number of nitrogens with zero attached hydrogens (tertiary/aromatic N) is 2. The van der Waals surface area contributed by atoms with Gasteiger partial charge in [-0.1, -0.05) is 36.4 Å². The molecule has 0 aliphatic heterocycles. The molecule has 4 rings (SSSR count). The van der Waals surface area contributed by atoms with E-state index in [1.54, 1.807) is 12.1 Å². The number of ether oxygens (including phenoxy) is 1. The molecule has 0 saturated heterocycles. The molecule has 0 bridgehead atoms. The molecule has 0 unspecified atom stereocenters. The first-order chi connectivity index (χ1) is 12.7. The van der Waals surface area contributed by atoms with E-state index in [4.69, 9.17) is 4.74 Å². The Morgan fingerprint density at radius 1 is 0.962 bits per heavy atom. The molecule has 1 aromatic heterocycles. The summed E-state index contributed by atoms with van der Waals surface area (Å²) in [5.74, 6) is 0.989. The number of phenolic OH excluding ortho intramolecular Hbond substituents is 1. The summed E-state index contributed by atoms with van der Waals surface area (Å²) in [5.41, 5.74) is 1.80. The molecule has 5 heteroatoms. The maximum atomic E-state index is 13.1. The number of imidazole rings is 1. The molecule has 0 spiro atoms. The van der Waals surface area contributed by atoms with Crippen LogP contribution in [0.3, 0.4) is 0 Å². The first kappa shape index (κ1) is 15.9. The van der Waals surface area contributed by atoms with Crippen LogP contribution in [0.1, 0.15) is 16.2 Å². The third kappa shape index (κ3) is 3.02. The van der Waals surface area contributed by atoms with Gasteiger partial charge < -0.3 is 9.84 Å². The van der Waals surface area contributed by atoms with Crippen molar-refractivity contribution in [2.45, 2.75) is 6.61 Å². The summed E-state index contributed by atoms with van der Waals surface area (Å²) in [5, 5.41) is 9.69. The predicted molar refractivity (Wildman–Crippen MR) is 98.3 cm³/mol. The normalized spacial score (nSPS) is 10.8. The number of rotatable bonds is 4. The van der Waals surface area contributed by atoms with Crippen molar-refractivity contribution in [2.75, 3.05) is 0 Å². The average Bonchev–Trinajstić information content (AvgIpc) is 3.05. The fourth-order valence-corrected chi connectivity index (χ4v) is 2.83. The molecule has 0 amide bonds. The van der Waals surface area contributed by atoms with Gasteiger partial charge in [0.1, 0.15) is 18.1 Å². The Hall–Kier alpha value is -3.60. The third-order valence-corrected chi connectivity index (χ3v) is 4.04. The zero-order chi connectivity index (χ0) is 17.9. The molecule has 0 fully saturated rings. The lowest BCUT2D eigenvalue weighted by atomic mass is 10.2. The van der Waals surface area contributed by atoms with Gasteiger partial charge in [0.05, 0.1) is 11.0 Å². The maximum absolute atomic E-state index is 13.1. The van der Waals surface area contributed by atoms with Gasteiger partial charge in [0.25, 0.3) is 5.91 Å². The largest absolute Gasteiger partial charge is 0.508 e. The van der Waals surface area contributed by atoms with E-state index in [9.17, 15) is 9.90 Å². The Morgan fingerprint density at radius 3 is 2.54 bits per heavy atom. The summed E-state index contributed by atoms with van der Waals surface area (Å²) in [4.78, 5) is 17.6. The summed E-state index contributed by atoms with van der Waals surface area (Å²) in [6.07, 6.45) is 0. The maximum Gasteiger partial charge on any atom is 0.264 e. The van der Waals surface area contributed by atoms with E-state index in [1.165, 1.54) is 16.7 Å². The number of hydrogen-bond donors (Lipinski definition) is 1. The van der Waals surface area contributed by atoms with Crippen molar-refractivity contribution in [1.82, 2.24) is 9.55 Å². The van der Waals surface area contributed by atoms with Crippen LogP contribution in [0.4, 0.5) is 0 Å². The highest BCUT2D eigenvalue weighted by Gasteiger charge is 2.19. The molecule has 0 atom stereocenters. The van der Waals surface area contributed by atoms with Gasteiger partial charge in [-0.3, -0.25) is 9.36 Å². The lowest BCUT2D eigenvalue weighted by molar-refractivity contribution is 0.0956. The van der Waals surface area contributed by atoms with E-state index < -0.39 is 0 Å². The van der Waals surface area contributed by atoms with E-state index in [1.807, 2.05) is 54.6 Å². The van der Waals surface area contributed by atoms with Crippen LogP contribution in [0.2, 0.25) is 0 Å². The van der Waals surface area contributed by atoms with Crippen LogP contribution in [0.5, 0.6) is 11.5 Å². The Morgan fingerprint density at radius 2 is 1.73 bits per heavy atom. The van der Waals surface area contributed by atoms with Gasteiger partial charge in [0.15, 0.2) is 5.82 Å². The van der Waals surface area contributed by atoms with Crippen molar-refractivity contribution < 1.29 is 14.6 Å². The fourth-order valence-electron chi connectivity index (χ4n) is 2.83. The van der Waals surface area contributed by atoms with Crippen LogP contribution >= 0.6 is 0 Å². The van der Waals surface area contributed by atoms with Crippen LogP contribution in [0, 0.1) is 0 Å². The number of phenols is 1. The Bertz CT molecular complexity index is 1070. The molecule has 3 aromatic carbocycles. The quantitative estimate of drug-likeness (QED) is 0.607. The Kier molecular flexibility index (Phi) is 4.11. The number of para-hydroxylation sites is 3. The van der Waals surface area contributed by atoms with Crippen molar-refractivity contribution in [2.24, 2.45) is 0 Å². The summed E-state index contributed by atoms with van der Waals surface area (Å²) in [7, 11) is 0. The molecular formula is C21H16N2O3. The summed E-state index contributed by atoms with van der Waals surface area (Å²) < 4.78 is 7.32. The van der Waals surface area contributed by atoms with Crippen molar-refractivity contribution in [3.8, 4) is 11.5 Å². The highest BCUT2D eigenvalue weighted by Crippen LogP contribution is 2.21. The van der Waals surface area contributed by atoms with Gasteiger partial charge in [-0.15, -0.1) is 0 Å². The number of fused-ring (bicyclic) bond motifs is 1. The number of carbonyl (C=O) groups is 1. The van der Waals surface area contributed by atoms with Gasteiger partial charge in [-0.25, -0.2) is 4.98 Å². The molecule has 0 saturated carbocycles. The number of benzene rings is 3. The zero-order valence-electron chi connectivity index (χ0n) is 13.9. The summed E-state index contributed by atoms with van der Waals surface area (Å²) >= 11 is 0. The SMILES string of the molecule is O=C(c1cccc(O)c1)n1c(COc2ccccc2)nc2ccccc21. The van der Waals surface area contributed by atoms with Gasteiger partial charge in [-0.2, -0.15) is 0 Å². The standard InChI is InChI=1S/C21H16N2O3/c24-16-8-6-7-15(13-16)21(25)23-19-12-5-4-11-18(19)22-20(23)14-26-17-9-2-1-3-10-17/h1-13,24H,14H2. The Balaban J connectivity index is 1.75. The molecule has 4 aromatic rings. The number of hydrogen-bond acceptors (Lipinski definition) is 4. The molecule has 1 N–H and O–H groups in total. The molecule has 0 aliphatic rings. The molecule has 1 heterocycles. The van der Waals surface area contributed by atoms with E-state index in [-0.39, 0.29) is 18.3 Å². The van der Waals surface area contributed by atoms with Gasteiger partial charge in [0.2, 0.25) is 0 Å². The average molecular weight is 344 g/mol. The molecule has 0 aliphatic carbocycles. The minimum atomic E-state index is -0.263. The molecule has 5 nitrogen and oxygen atoms in total. The van der Waals surface area contributed by atoms with Gasteiger partial charge >= 0.3 is 0 Å². The van der Waals surface area contributed by atoms with Crippen LogP contribution < -0.4 is 4.74 Å². The molecule has 26 heavy (non-hydrogen) atoms. The number of carbonyl (C=O) groups excluding carboxylic acids is 1. The second-order valence-corrected chi connectivity index (χ2v) is 5.81. The lowest BCUT2D eigenvalue weighted by Gasteiger charge is -2.10. The zero-order valence-corrected chi connectivity index (χ0v) is 13.9. The smallest absolute Gasteiger partial charge is 0.264 e. The number of aromatic hydroxyl groups is 1. The minimum absolute atomic E-state index is 0.0438. The molecule has 128 valence electrons. The van der Waals surface area contributed by atoms with Crippen molar-refractivity contribution in [3.63, 3.8) is 0 Å². The van der Waals surface area contributed by atoms with E-state index in [0.29, 0.717) is 28.2 Å². The minimum Gasteiger partial charge on any atom is -0.508 e. The van der Waals surface area contributed by atoms with Crippen molar-refractivity contribution >= 4 is 16.9 Å². The highest BCUT2D eigenvalue weighted by atomic mass is 16.5. The van der Waals surface area contributed by atoms with Crippen LogP contribution in [-0.2, 0) is 6.61 Å². The highest BCUT2D eigenvalue weighted by molar-refractivity contribution is 6.01. The molecular weight excluding hydrogens is 328 g/mol. The fraction of sp³-hybridized carbons (Fsp3) is 0.0476. The van der Waals surface area contributed by atoms with Gasteiger partial charge in [0, 0.05) is 5.56 Å². The monoisotopic (exact) mass is 344 g/mol. The second kappa shape index (κ2) is 6.72. The van der Waals surface area contributed by atoms with E-state index in [2.05, 4.69) is 4.98 Å². The summed E-state index contributed by atoms with van der Waals surface area (Å²) in [6.45, 7) is 0.156. The first-order valence-corrected chi connectivity index (χ1v) is 8.20. The van der Waals surface area contributed by atoms with E-state index in [0.717, 1.165) is 0 Å². The third-order valence-electron chi connectivity index (χ3n) is 4.04. The topological polar surface area (TPSA) is 64.3 Å². The molecule has 0 radical (unpaired) electrons. The number of aromatic nitrogens is 2. The van der Waals surface area contributed by atoms with Crippen molar-refractivity contribution in [3.05, 3.63) is 90.3 Å². The lowest BCUT2D eigenvalue weighted by Crippen LogP contribution is -2.16. The van der Waals surface area contributed by atoms with Crippen LogP contribution in [0.25, 0.3) is 11.0 Å². The second-order valence-electron chi connectivity index (χ2n) is 5.81. The first-order valence-electron chi connectivity index (χ1n) is 8.20. The van der Waals surface area contributed by atoms with Crippen molar-refractivity contribution in [1.29, 1.82) is 0 Å². The summed E-state index contributed by atoms with van der Waals surface area (Å²) in [6, 6.07) is 23.1. The van der Waals surface area contributed by atoms with Gasteiger partial charge in [-0.05, 0) is 42.5 Å².